The fourth-order valence-corrected chi connectivity index (χ4v) is 5.27. The molecule has 2 fully saturated rings. The summed E-state index contributed by atoms with van der Waals surface area (Å²) in [4.78, 5) is 2.39. The Morgan fingerprint density at radius 2 is 2.00 bits per heavy atom. The summed E-state index contributed by atoms with van der Waals surface area (Å²) in [6, 6.07) is 0.567. The van der Waals surface area contributed by atoms with Crippen LogP contribution >= 0.6 is 0 Å². The second-order valence-corrected chi connectivity index (χ2v) is 9.83. The topological polar surface area (TPSA) is 49.4 Å². The smallest absolute Gasteiger partial charge is 0.151 e. The van der Waals surface area contributed by atoms with E-state index >= 15 is 0 Å². The minimum absolute atomic E-state index is 0.343. The molecule has 21 heavy (non-hydrogen) atoms. The van der Waals surface area contributed by atoms with Crippen LogP contribution in [0.4, 0.5) is 0 Å². The lowest BCUT2D eigenvalue weighted by Gasteiger charge is -2.34. The number of rotatable bonds is 5. The standard InChI is InChI=1S/C16H32N2O2S/c1-4-8-17-15-14(6-7-16(15,2)3)13-18-9-5-11-21(19,20)12-10-18/h14-15,17H,4-13H2,1-3H3. The minimum Gasteiger partial charge on any atom is -0.313 e. The predicted octanol–water partition coefficient (Wildman–Crippen LogP) is 1.91. The quantitative estimate of drug-likeness (QED) is 0.842. The highest BCUT2D eigenvalue weighted by Gasteiger charge is 2.41. The molecule has 0 aromatic rings. The SMILES string of the molecule is CCCNC1C(CN2CCCS(=O)(=O)CC2)CCC1(C)C. The van der Waals surface area contributed by atoms with Crippen LogP contribution in [0.5, 0.6) is 0 Å². The van der Waals surface area contributed by atoms with Crippen molar-refractivity contribution in [3.8, 4) is 0 Å². The third-order valence-corrected chi connectivity index (χ3v) is 6.94. The third-order valence-electron chi connectivity index (χ3n) is 5.23. The third kappa shape index (κ3) is 4.67. The highest BCUT2D eigenvalue weighted by atomic mass is 32.2. The molecule has 1 N–H and O–H groups in total. The predicted molar refractivity (Wildman–Crippen MR) is 88.3 cm³/mol. The molecule has 1 aliphatic heterocycles. The number of nitrogens with zero attached hydrogens (tertiary/aromatic N) is 1. The lowest BCUT2D eigenvalue weighted by atomic mass is 9.84. The highest BCUT2D eigenvalue weighted by Crippen LogP contribution is 2.41. The summed E-state index contributed by atoms with van der Waals surface area (Å²) < 4.78 is 23.4. The van der Waals surface area contributed by atoms with Gasteiger partial charge in [-0.3, -0.25) is 0 Å². The summed E-state index contributed by atoms with van der Waals surface area (Å²) in [7, 11) is -2.79. The first-order chi connectivity index (χ1) is 9.84. The van der Waals surface area contributed by atoms with Gasteiger partial charge in [-0.15, -0.1) is 0 Å². The molecule has 1 saturated heterocycles. The Kier molecular flexibility index (Phi) is 5.71. The van der Waals surface area contributed by atoms with Gasteiger partial charge in [0.25, 0.3) is 0 Å². The maximum atomic E-state index is 11.7. The fourth-order valence-electron chi connectivity index (χ4n) is 3.96. The van der Waals surface area contributed by atoms with E-state index in [1.165, 1.54) is 19.3 Å². The van der Waals surface area contributed by atoms with E-state index in [0.29, 0.717) is 28.9 Å². The van der Waals surface area contributed by atoms with Crippen LogP contribution in [0.3, 0.4) is 0 Å². The van der Waals surface area contributed by atoms with Crippen molar-refractivity contribution in [3.05, 3.63) is 0 Å². The lowest BCUT2D eigenvalue weighted by molar-refractivity contribution is 0.190. The van der Waals surface area contributed by atoms with Gasteiger partial charge < -0.3 is 10.2 Å². The van der Waals surface area contributed by atoms with Gasteiger partial charge in [-0.25, -0.2) is 8.42 Å². The van der Waals surface area contributed by atoms with Crippen LogP contribution in [0.2, 0.25) is 0 Å². The average Bonchev–Trinajstić information content (AvgIpc) is 2.56. The second kappa shape index (κ2) is 6.97. The normalized spacial score (nSPS) is 32.9. The molecular formula is C16H32N2O2S. The first-order valence-corrected chi connectivity index (χ1v) is 10.3. The first kappa shape index (κ1) is 17.2. The molecule has 0 aromatic carbocycles. The van der Waals surface area contributed by atoms with Gasteiger partial charge in [-0.1, -0.05) is 20.8 Å². The molecule has 2 rings (SSSR count). The van der Waals surface area contributed by atoms with Gasteiger partial charge in [0.15, 0.2) is 9.84 Å². The maximum absolute atomic E-state index is 11.7. The molecule has 0 amide bonds. The van der Waals surface area contributed by atoms with Crippen LogP contribution in [-0.2, 0) is 9.84 Å². The van der Waals surface area contributed by atoms with E-state index in [4.69, 9.17) is 0 Å². The van der Waals surface area contributed by atoms with E-state index in [1.54, 1.807) is 0 Å². The molecule has 1 saturated carbocycles. The van der Waals surface area contributed by atoms with E-state index in [9.17, 15) is 8.42 Å². The summed E-state index contributed by atoms with van der Waals surface area (Å²) in [5.74, 6) is 1.38. The van der Waals surface area contributed by atoms with Crippen LogP contribution in [-0.4, -0.2) is 57.0 Å². The summed E-state index contributed by atoms with van der Waals surface area (Å²) >= 11 is 0. The fraction of sp³-hybridized carbons (Fsp3) is 1.00. The Morgan fingerprint density at radius 1 is 1.24 bits per heavy atom. The molecule has 124 valence electrons. The van der Waals surface area contributed by atoms with Gasteiger partial charge in [-0.2, -0.15) is 0 Å². The second-order valence-electron chi connectivity index (χ2n) is 7.53. The van der Waals surface area contributed by atoms with Gasteiger partial charge in [0, 0.05) is 19.1 Å². The molecule has 0 spiro atoms. The van der Waals surface area contributed by atoms with Gasteiger partial charge in [0.1, 0.15) is 0 Å². The Morgan fingerprint density at radius 3 is 2.71 bits per heavy atom. The summed E-state index contributed by atoms with van der Waals surface area (Å²) in [5, 5.41) is 3.75. The van der Waals surface area contributed by atoms with E-state index in [-0.39, 0.29) is 0 Å². The van der Waals surface area contributed by atoms with Crippen LogP contribution in [0, 0.1) is 11.3 Å². The number of hydrogen-bond acceptors (Lipinski definition) is 4. The Labute approximate surface area is 130 Å². The summed E-state index contributed by atoms with van der Waals surface area (Å²) in [6.07, 6.45) is 4.50. The zero-order chi connectivity index (χ0) is 15.5. The first-order valence-electron chi connectivity index (χ1n) is 8.50. The summed E-state index contributed by atoms with van der Waals surface area (Å²) in [6.45, 7) is 10.7. The van der Waals surface area contributed by atoms with Crippen molar-refractivity contribution >= 4 is 9.84 Å². The van der Waals surface area contributed by atoms with Crippen molar-refractivity contribution in [2.45, 2.75) is 52.5 Å². The lowest BCUT2D eigenvalue weighted by Crippen LogP contribution is -2.46. The van der Waals surface area contributed by atoms with Crippen LogP contribution in [0.15, 0.2) is 0 Å². The number of sulfone groups is 1. The van der Waals surface area contributed by atoms with Gasteiger partial charge in [0.2, 0.25) is 0 Å². The average molecular weight is 317 g/mol. The molecule has 0 aromatic heterocycles. The molecule has 1 heterocycles. The Bertz CT molecular complexity index is 434. The monoisotopic (exact) mass is 316 g/mol. The van der Waals surface area contributed by atoms with Crippen molar-refractivity contribution in [2.75, 3.05) is 37.7 Å². The molecule has 1 aliphatic carbocycles. The molecule has 0 radical (unpaired) electrons. The van der Waals surface area contributed by atoms with Crippen LogP contribution < -0.4 is 5.32 Å². The largest absolute Gasteiger partial charge is 0.313 e. The molecule has 2 aliphatic rings. The van der Waals surface area contributed by atoms with Gasteiger partial charge in [0.05, 0.1) is 11.5 Å². The highest BCUT2D eigenvalue weighted by molar-refractivity contribution is 7.91. The van der Waals surface area contributed by atoms with E-state index in [2.05, 4.69) is 31.0 Å². The Balaban J connectivity index is 1.94. The molecule has 5 heteroatoms. The van der Waals surface area contributed by atoms with Crippen molar-refractivity contribution < 1.29 is 8.42 Å². The van der Waals surface area contributed by atoms with Crippen molar-refractivity contribution in [3.63, 3.8) is 0 Å². The van der Waals surface area contributed by atoms with Gasteiger partial charge in [-0.05, 0) is 50.1 Å². The van der Waals surface area contributed by atoms with Crippen molar-refractivity contribution in [1.29, 1.82) is 0 Å². The maximum Gasteiger partial charge on any atom is 0.151 e. The molecule has 2 unspecified atom stereocenters. The zero-order valence-electron chi connectivity index (χ0n) is 13.9. The van der Waals surface area contributed by atoms with Crippen LogP contribution in [0.25, 0.3) is 0 Å². The minimum atomic E-state index is -2.79. The Hall–Kier alpha value is -0.130. The number of hydrogen-bond donors (Lipinski definition) is 1. The van der Waals surface area contributed by atoms with E-state index in [0.717, 1.165) is 32.6 Å². The molecule has 2 atom stereocenters. The van der Waals surface area contributed by atoms with E-state index < -0.39 is 9.84 Å². The van der Waals surface area contributed by atoms with Crippen LogP contribution in [0.1, 0.15) is 46.5 Å². The summed E-state index contributed by atoms with van der Waals surface area (Å²) in [5.41, 5.74) is 0.359. The van der Waals surface area contributed by atoms with E-state index in [1.807, 2.05) is 0 Å². The van der Waals surface area contributed by atoms with Gasteiger partial charge >= 0.3 is 0 Å². The molecule has 4 nitrogen and oxygen atoms in total. The van der Waals surface area contributed by atoms with Crippen molar-refractivity contribution in [2.24, 2.45) is 11.3 Å². The molecular weight excluding hydrogens is 284 g/mol. The number of nitrogens with one attached hydrogen (secondary N) is 1. The zero-order valence-corrected chi connectivity index (χ0v) is 14.7. The van der Waals surface area contributed by atoms with Crippen molar-refractivity contribution in [1.82, 2.24) is 10.2 Å². The molecule has 0 bridgehead atoms.